The largest absolute Gasteiger partial charge is 0.385 e. The summed E-state index contributed by atoms with van der Waals surface area (Å²) in [5, 5.41) is 6.80. The first kappa shape index (κ1) is 12.7. The van der Waals surface area contributed by atoms with Gasteiger partial charge >= 0.3 is 0 Å². The Balaban J connectivity index is 2.34. The molecule has 0 aliphatic heterocycles. The average Bonchev–Trinajstić information content (AvgIpc) is 2.73. The van der Waals surface area contributed by atoms with Crippen molar-refractivity contribution in [3.05, 3.63) is 18.0 Å². The first-order valence-electron chi connectivity index (χ1n) is 5.07. The number of hydrogen-bond donors (Lipinski definition) is 1. The van der Waals surface area contributed by atoms with Gasteiger partial charge < -0.3 is 14.8 Å². The second-order valence-corrected chi connectivity index (χ2v) is 3.26. The lowest BCUT2D eigenvalue weighted by molar-refractivity contribution is 0.0936. The van der Waals surface area contributed by atoms with Crippen LogP contribution in [0.15, 0.2) is 12.3 Å². The lowest BCUT2D eigenvalue weighted by Gasteiger charge is -2.02. The summed E-state index contributed by atoms with van der Waals surface area (Å²) < 4.78 is 11.3. The summed E-state index contributed by atoms with van der Waals surface area (Å²) in [6.45, 7) is 1.57. The maximum absolute atomic E-state index is 11.6. The maximum Gasteiger partial charge on any atom is 0.271 e. The average molecular weight is 227 g/mol. The highest BCUT2D eigenvalue weighted by Crippen LogP contribution is 1.95. The zero-order valence-corrected chi connectivity index (χ0v) is 9.60. The van der Waals surface area contributed by atoms with E-state index in [0.717, 1.165) is 6.42 Å². The molecule has 6 heteroatoms. The van der Waals surface area contributed by atoms with E-state index in [4.69, 9.17) is 9.47 Å². The number of amides is 1. The third kappa shape index (κ3) is 4.00. The Morgan fingerprint density at radius 1 is 1.50 bits per heavy atom. The van der Waals surface area contributed by atoms with Gasteiger partial charge in [0.2, 0.25) is 0 Å². The fraction of sp³-hybridized carbons (Fsp3) is 0.600. The first-order valence-corrected chi connectivity index (χ1v) is 5.07. The van der Waals surface area contributed by atoms with Gasteiger partial charge in [0.05, 0.1) is 0 Å². The van der Waals surface area contributed by atoms with Crippen molar-refractivity contribution < 1.29 is 14.3 Å². The quantitative estimate of drug-likeness (QED) is 0.678. The topological polar surface area (TPSA) is 65.4 Å². The number of carbonyl (C=O) groups excluding carboxylic acids is 1. The normalized spacial score (nSPS) is 10.4. The predicted octanol–water partition coefficient (Wildman–Crippen LogP) is 0.253. The van der Waals surface area contributed by atoms with Crippen LogP contribution in [0, 0.1) is 0 Å². The SMILES string of the molecule is COCCCNC(=O)c1ccn(COC)n1. The van der Waals surface area contributed by atoms with E-state index in [1.165, 1.54) is 0 Å². The van der Waals surface area contributed by atoms with Gasteiger partial charge in [0.15, 0.2) is 0 Å². The molecule has 0 saturated carbocycles. The predicted molar refractivity (Wildman–Crippen MR) is 58.1 cm³/mol. The Hall–Kier alpha value is -1.40. The molecule has 0 aromatic carbocycles. The molecule has 16 heavy (non-hydrogen) atoms. The summed E-state index contributed by atoms with van der Waals surface area (Å²) in [6.07, 6.45) is 2.49. The smallest absolute Gasteiger partial charge is 0.271 e. The monoisotopic (exact) mass is 227 g/mol. The molecule has 0 aliphatic rings. The van der Waals surface area contributed by atoms with Crippen LogP contribution < -0.4 is 5.32 Å². The van der Waals surface area contributed by atoms with Crippen LogP contribution in [0.3, 0.4) is 0 Å². The van der Waals surface area contributed by atoms with Crippen LogP contribution in [-0.2, 0) is 16.2 Å². The van der Waals surface area contributed by atoms with E-state index in [1.807, 2.05) is 0 Å². The Morgan fingerprint density at radius 3 is 3.00 bits per heavy atom. The summed E-state index contributed by atoms with van der Waals surface area (Å²) in [6, 6.07) is 1.66. The molecule has 0 radical (unpaired) electrons. The number of nitrogens with one attached hydrogen (secondary N) is 1. The molecule has 90 valence electrons. The van der Waals surface area contributed by atoms with Crippen molar-refractivity contribution >= 4 is 5.91 Å². The van der Waals surface area contributed by atoms with Gasteiger partial charge in [-0.15, -0.1) is 0 Å². The highest BCUT2D eigenvalue weighted by atomic mass is 16.5. The number of carbonyl (C=O) groups is 1. The van der Waals surface area contributed by atoms with Gasteiger partial charge in [-0.2, -0.15) is 5.10 Å². The minimum absolute atomic E-state index is 0.175. The number of nitrogens with zero attached hydrogens (tertiary/aromatic N) is 2. The second-order valence-electron chi connectivity index (χ2n) is 3.26. The van der Waals surface area contributed by atoms with Gasteiger partial charge in [0.25, 0.3) is 5.91 Å². The van der Waals surface area contributed by atoms with E-state index in [2.05, 4.69) is 10.4 Å². The third-order valence-electron chi connectivity index (χ3n) is 1.95. The molecule has 1 aromatic rings. The van der Waals surface area contributed by atoms with E-state index in [9.17, 15) is 4.79 Å². The fourth-order valence-electron chi connectivity index (χ4n) is 1.20. The van der Waals surface area contributed by atoms with Gasteiger partial charge in [-0.25, -0.2) is 4.68 Å². The van der Waals surface area contributed by atoms with Crippen molar-refractivity contribution in [2.75, 3.05) is 27.4 Å². The minimum atomic E-state index is -0.175. The molecule has 6 nitrogen and oxygen atoms in total. The van der Waals surface area contributed by atoms with Gasteiger partial charge in [0.1, 0.15) is 12.4 Å². The van der Waals surface area contributed by atoms with Crippen LogP contribution >= 0.6 is 0 Å². The molecule has 0 bridgehead atoms. The van der Waals surface area contributed by atoms with Crippen LogP contribution in [0.5, 0.6) is 0 Å². The molecular weight excluding hydrogens is 210 g/mol. The minimum Gasteiger partial charge on any atom is -0.385 e. The zero-order chi connectivity index (χ0) is 11.8. The standard InChI is InChI=1S/C10H17N3O3/c1-15-7-3-5-11-10(14)9-4-6-13(12-9)8-16-2/h4,6H,3,5,7-8H2,1-2H3,(H,11,14). The summed E-state index contributed by atoms with van der Waals surface area (Å²) in [5.74, 6) is -0.175. The van der Waals surface area contributed by atoms with Crippen LogP contribution in [0.1, 0.15) is 16.9 Å². The summed E-state index contributed by atoms with van der Waals surface area (Å²) in [4.78, 5) is 11.6. The number of rotatable bonds is 7. The Bertz CT molecular complexity index is 325. The number of aromatic nitrogens is 2. The molecule has 1 aromatic heterocycles. The Labute approximate surface area is 94.5 Å². The summed E-state index contributed by atoms with van der Waals surface area (Å²) >= 11 is 0. The molecule has 0 spiro atoms. The van der Waals surface area contributed by atoms with Gasteiger partial charge in [-0.3, -0.25) is 4.79 Å². The van der Waals surface area contributed by atoms with Crippen molar-refractivity contribution in [3.8, 4) is 0 Å². The van der Waals surface area contributed by atoms with E-state index in [0.29, 0.717) is 25.6 Å². The van der Waals surface area contributed by atoms with Crippen molar-refractivity contribution in [3.63, 3.8) is 0 Å². The number of hydrogen-bond acceptors (Lipinski definition) is 4. The van der Waals surface area contributed by atoms with Gasteiger partial charge in [-0.05, 0) is 12.5 Å². The highest BCUT2D eigenvalue weighted by Gasteiger charge is 2.08. The molecule has 0 fully saturated rings. The molecule has 1 N–H and O–H groups in total. The van der Waals surface area contributed by atoms with Gasteiger partial charge in [0, 0.05) is 33.6 Å². The molecule has 0 atom stereocenters. The van der Waals surface area contributed by atoms with E-state index >= 15 is 0 Å². The molecule has 0 unspecified atom stereocenters. The molecule has 1 rings (SSSR count). The number of methoxy groups -OCH3 is 2. The van der Waals surface area contributed by atoms with E-state index in [-0.39, 0.29) is 5.91 Å². The lowest BCUT2D eigenvalue weighted by Crippen LogP contribution is -2.25. The lowest BCUT2D eigenvalue weighted by atomic mass is 10.4. The first-order chi connectivity index (χ1) is 7.77. The van der Waals surface area contributed by atoms with Crippen molar-refractivity contribution in [2.24, 2.45) is 0 Å². The third-order valence-corrected chi connectivity index (χ3v) is 1.95. The van der Waals surface area contributed by atoms with Crippen LogP contribution in [-0.4, -0.2) is 43.1 Å². The maximum atomic E-state index is 11.6. The number of ether oxygens (including phenoxy) is 2. The summed E-state index contributed by atoms with van der Waals surface area (Å²) in [7, 11) is 3.21. The molecule has 0 aliphatic carbocycles. The van der Waals surface area contributed by atoms with Crippen molar-refractivity contribution in [1.29, 1.82) is 0 Å². The Kier molecular flexibility index (Phi) is 5.52. The molecule has 1 amide bonds. The summed E-state index contributed by atoms with van der Waals surface area (Å²) in [5.41, 5.74) is 0.398. The fourth-order valence-corrected chi connectivity index (χ4v) is 1.20. The zero-order valence-electron chi connectivity index (χ0n) is 9.60. The molecular formula is C10H17N3O3. The molecule has 0 saturated heterocycles. The highest BCUT2D eigenvalue weighted by molar-refractivity contribution is 5.92. The van der Waals surface area contributed by atoms with Crippen LogP contribution in [0.25, 0.3) is 0 Å². The van der Waals surface area contributed by atoms with Gasteiger partial charge in [-0.1, -0.05) is 0 Å². The van der Waals surface area contributed by atoms with E-state index in [1.54, 1.807) is 31.2 Å². The van der Waals surface area contributed by atoms with E-state index < -0.39 is 0 Å². The molecule has 1 heterocycles. The van der Waals surface area contributed by atoms with Crippen LogP contribution in [0.2, 0.25) is 0 Å². The van der Waals surface area contributed by atoms with Crippen molar-refractivity contribution in [2.45, 2.75) is 13.2 Å². The van der Waals surface area contributed by atoms with Crippen LogP contribution in [0.4, 0.5) is 0 Å². The van der Waals surface area contributed by atoms with Crippen molar-refractivity contribution in [1.82, 2.24) is 15.1 Å². The second kappa shape index (κ2) is 6.97. The Morgan fingerprint density at radius 2 is 2.31 bits per heavy atom.